The van der Waals surface area contributed by atoms with E-state index in [1.165, 1.54) is 4.90 Å². The van der Waals surface area contributed by atoms with Crippen LogP contribution in [0.3, 0.4) is 0 Å². The lowest BCUT2D eigenvalue weighted by atomic mass is 9.99. The van der Waals surface area contributed by atoms with Gasteiger partial charge < -0.3 is 30.1 Å². The number of nitrogens with zero attached hydrogens (tertiary/aromatic N) is 1. The number of methoxy groups -OCH3 is 1. The van der Waals surface area contributed by atoms with Gasteiger partial charge in [-0.3, -0.25) is 9.59 Å². The van der Waals surface area contributed by atoms with Crippen molar-refractivity contribution < 1.29 is 29.0 Å². The molecule has 188 valence electrons. The van der Waals surface area contributed by atoms with E-state index in [-0.39, 0.29) is 18.3 Å². The Labute approximate surface area is 205 Å². The summed E-state index contributed by atoms with van der Waals surface area (Å²) >= 11 is 0. The van der Waals surface area contributed by atoms with E-state index < -0.39 is 29.6 Å². The van der Waals surface area contributed by atoms with E-state index in [9.17, 15) is 19.5 Å². The van der Waals surface area contributed by atoms with Crippen LogP contribution < -0.4 is 15.4 Å². The molecule has 3 N–H and O–H groups in total. The number of hydrogen-bond donors (Lipinski definition) is 3. The largest absolute Gasteiger partial charge is 0.507 e. The smallest absolute Gasteiger partial charge is 0.408 e. The number of anilines is 1. The van der Waals surface area contributed by atoms with Crippen molar-refractivity contribution in [2.75, 3.05) is 19.0 Å². The van der Waals surface area contributed by atoms with Crippen molar-refractivity contribution in [3.05, 3.63) is 53.6 Å². The molecule has 3 rings (SSSR count). The second kappa shape index (κ2) is 10.7. The molecule has 0 aliphatic heterocycles. The molecular formula is C26H33N3O6. The van der Waals surface area contributed by atoms with E-state index in [2.05, 4.69) is 10.6 Å². The van der Waals surface area contributed by atoms with E-state index in [0.29, 0.717) is 22.6 Å². The zero-order chi connectivity index (χ0) is 25.8. The zero-order valence-electron chi connectivity index (χ0n) is 20.8. The third kappa shape index (κ3) is 6.88. The Hall–Kier alpha value is -3.75. The number of hydrogen-bond acceptors (Lipinski definition) is 6. The lowest BCUT2D eigenvalue weighted by molar-refractivity contribution is -0.139. The van der Waals surface area contributed by atoms with Gasteiger partial charge in [0.05, 0.1) is 7.11 Å². The molecule has 1 fully saturated rings. The summed E-state index contributed by atoms with van der Waals surface area (Å²) in [5.74, 6) is -0.345. The molecule has 1 saturated carbocycles. The first kappa shape index (κ1) is 25.9. The van der Waals surface area contributed by atoms with Gasteiger partial charge in [-0.05, 0) is 70.4 Å². The molecule has 1 atom stereocenters. The maximum absolute atomic E-state index is 13.6. The monoisotopic (exact) mass is 483 g/mol. The molecule has 1 unspecified atom stereocenters. The fourth-order valence-corrected chi connectivity index (χ4v) is 3.67. The fraction of sp³-hybridized carbons (Fsp3) is 0.423. The molecule has 2 aromatic carbocycles. The summed E-state index contributed by atoms with van der Waals surface area (Å²) < 4.78 is 10.4. The SMILES string of the molecule is COc1ccc(NC(=O)C(c2cccc(C)c2O)N(C(=O)CNC(=O)OC(C)(C)C)C2CC2)cc1. The molecular weight excluding hydrogens is 450 g/mol. The minimum atomic E-state index is -1.10. The number of phenolic OH excluding ortho intramolecular Hbond substituents is 1. The summed E-state index contributed by atoms with van der Waals surface area (Å²) in [6.07, 6.45) is 0.716. The average molecular weight is 484 g/mol. The molecule has 2 aromatic rings. The Morgan fingerprint density at radius 1 is 1.11 bits per heavy atom. The maximum atomic E-state index is 13.6. The normalized spacial score (nSPS) is 14.0. The fourth-order valence-electron chi connectivity index (χ4n) is 3.67. The van der Waals surface area contributed by atoms with Crippen LogP contribution >= 0.6 is 0 Å². The van der Waals surface area contributed by atoms with Crippen molar-refractivity contribution in [2.45, 2.75) is 58.2 Å². The first-order chi connectivity index (χ1) is 16.5. The quantitative estimate of drug-likeness (QED) is 0.524. The van der Waals surface area contributed by atoms with Crippen LogP contribution in [-0.4, -0.2) is 53.2 Å². The van der Waals surface area contributed by atoms with Gasteiger partial charge in [-0.25, -0.2) is 4.79 Å². The van der Waals surface area contributed by atoms with Crippen LogP contribution in [0.25, 0.3) is 0 Å². The maximum Gasteiger partial charge on any atom is 0.408 e. The summed E-state index contributed by atoms with van der Waals surface area (Å²) in [5.41, 5.74) is 0.702. The van der Waals surface area contributed by atoms with Crippen molar-refractivity contribution >= 4 is 23.6 Å². The highest BCUT2D eigenvalue weighted by Crippen LogP contribution is 2.39. The van der Waals surface area contributed by atoms with Crippen LogP contribution in [0.15, 0.2) is 42.5 Å². The van der Waals surface area contributed by atoms with Gasteiger partial charge in [-0.15, -0.1) is 0 Å². The second-order valence-corrected chi connectivity index (χ2v) is 9.52. The number of aryl methyl sites for hydroxylation is 1. The predicted octanol–water partition coefficient (Wildman–Crippen LogP) is 3.90. The van der Waals surface area contributed by atoms with Gasteiger partial charge in [0.15, 0.2) is 0 Å². The third-order valence-electron chi connectivity index (χ3n) is 5.46. The molecule has 0 bridgehead atoms. The Balaban J connectivity index is 1.89. The summed E-state index contributed by atoms with van der Waals surface area (Å²) in [5, 5.41) is 16.1. The second-order valence-electron chi connectivity index (χ2n) is 9.52. The predicted molar refractivity (Wildman–Crippen MR) is 131 cm³/mol. The molecule has 9 nitrogen and oxygen atoms in total. The van der Waals surface area contributed by atoms with Gasteiger partial charge in [-0.2, -0.15) is 0 Å². The van der Waals surface area contributed by atoms with E-state index in [0.717, 1.165) is 12.8 Å². The highest BCUT2D eigenvalue weighted by Gasteiger charge is 2.42. The molecule has 0 aromatic heterocycles. The Kier molecular flexibility index (Phi) is 7.89. The van der Waals surface area contributed by atoms with Crippen molar-refractivity contribution in [1.29, 1.82) is 0 Å². The number of ether oxygens (including phenoxy) is 2. The van der Waals surface area contributed by atoms with Gasteiger partial charge in [0.25, 0.3) is 5.91 Å². The summed E-state index contributed by atoms with van der Waals surface area (Å²) in [6, 6.07) is 10.6. The summed E-state index contributed by atoms with van der Waals surface area (Å²) in [7, 11) is 1.55. The van der Waals surface area contributed by atoms with E-state index in [1.54, 1.807) is 77.3 Å². The Morgan fingerprint density at radius 2 is 1.77 bits per heavy atom. The number of phenols is 1. The Morgan fingerprint density at radius 3 is 2.34 bits per heavy atom. The number of carbonyl (C=O) groups excluding carboxylic acids is 3. The van der Waals surface area contributed by atoms with Gasteiger partial charge >= 0.3 is 6.09 Å². The summed E-state index contributed by atoms with van der Waals surface area (Å²) in [4.78, 5) is 40.5. The standard InChI is InChI=1S/C26H33N3O6/c1-16-7-6-8-20(23(16)31)22(24(32)28-17-9-13-19(34-5)14-10-17)29(18-11-12-18)21(30)15-27-25(33)35-26(2,3)4/h6-10,13-14,18,22,31H,11-12,15H2,1-5H3,(H,27,33)(H,28,32). The lowest BCUT2D eigenvalue weighted by Gasteiger charge is -2.32. The van der Waals surface area contributed by atoms with Gasteiger partial charge in [0.1, 0.15) is 29.7 Å². The zero-order valence-corrected chi connectivity index (χ0v) is 20.8. The average Bonchev–Trinajstić information content (AvgIpc) is 3.62. The van der Waals surface area contributed by atoms with Crippen molar-refractivity contribution in [2.24, 2.45) is 0 Å². The Bertz CT molecular complexity index is 1070. The molecule has 1 aliphatic rings. The molecule has 3 amide bonds. The van der Waals surface area contributed by atoms with E-state index in [1.807, 2.05) is 0 Å². The van der Waals surface area contributed by atoms with Crippen LogP contribution in [0.2, 0.25) is 0 Å². The van der Waals surface area contributed by atoms with Crippen LogP contribution in [0, 0.1) is 6.92 Å². The van der Waals surface area contributed by atoms with Crippen molar-refractivity contribution in [3.8, 4) is 11.5 Å². The number of para-hydroxylation sites is 1. The van der Waals surface area contributed by atoms with Crippen molar-refractivity contribution in [1.82, 2.24) is 10.2 Å². The van der Waals surface area contributed by atoms with Crippen LogP contribution in [0.1, 0.15) is 50.8 Å². The van der Waals surface area contributed by atoms with E-state index >= 15 is 0 Å². The highest BCUT2D eigenvalue weighted by molar-refractivity contribution is 5.99. The molecule has 0 radical (unpaired) electrons. The van der Waals surface area contributed by atoms with Crippen molar-refractivity contribution in [3.63, 3.8) is 0 Å². The molecule has 35 heavy (non-hydrogen) atoms. The number of benzene rings is 2. The van der Waals surface area contributed by atoms with Gasteiger partial charge in [0, 0.05) is 17.3 Å². The number of alkyl carbamates (subject to hydrolysis) is 1. The van der Waals surface area contributed by atoms with Gasteiger partial charge in [-0.1, -0.05) is 18.2 Å². The topological polar surface area (TPSA) is 117 Å². The number of aromatic hydroxyl groups is 1. The molecule has 0 heterocycles. The molecule has 0 spiro atoms. The molecule has 9 heteroatoms. The van der Waals surface area contributed by atoms with Crippen LogP contribution in [0.4, 0.5) is 10.5 Å². The highest BCUT2D eigenvalue weighted by atomic mass is 16.6. The number of amides is 3. The molecule has 0 saturated heterocycles. The number of carbonyl (C=O) groups is 3. The molecule has 1 aliphatic carbocycles. The first-order valence-electron chi connectivity index (χ1n) is 11.5. The van der Waals surface area contributed by atoms with Crippen LogP contribution in [0.5, 0.6) is 11.5 Å². The number of nitrogens with one attached hydrogen (secondary N) is 2. The lowest BCUT2D eigenvalue weighted by Crippen LogP contribution is -2.47. The minimum absolute atomic E-state index is 0.0547. The summed E-state index contributed by atoms with van der Waals surface area (Å²) in [6.45, 7) is 6.57. The minimum Gasteiger partial charge on any atom is -0.507 e. The van der Waals surface area contributed by atoms with E-state index in [4.69, 9.17) is 9.47 Å². The third-order valence-corrected chi connectivity index (χ3v) is 5.46. The number of rotatable bonds is 8. The van der Waals surface area contributed by atoms with Crippen LogP contribution in [-0.2, 0) is 14.3 Å². The first-order valence-corrected chi connectivity index (χ1v) is 11.5. The van der Waals surface area contributed by atoms with Gasteiger partial charge in [0.2, 0.25) is 5.91 Å².